The summed E-state index contributed by atoms with van der Waals surface area (Å²) >= 11 is 0. The molecule has 2 aromatic carbocycles. The molecule has 5 nitrogen and oxygen atoms in total. The number of carboxylic acid groups (broad SMARTS) is 1. The van der Waals surface area contributed by atoms with Crippen LogP contribution in [0.4, 0.5) is 5.69 Å². The van der Waals surface area contributed by atoms with E-state index in [9.17, 15) is 9.90 Å². The molecule has 0 bridgehead atoms. The van der Waals surface area contributed by atoms with Crippen LogP contribution < -0.4 is 5.32 Å². The first-order valence-electron chi connectivity index (χ1n) is 11.2. The molecule has 0 spiro atoms. The van der Waals surface area contributed by atoms with Crippen molar-refractivity contribution in [1.29, 1.82) is 0 Å². The Morgan fingerprint density at radius 3 is 2.77 bits per heavy atom. The number of fused-ring (bicyclic) bond motifs is 7. The maximum Gasteiger partial charge on any atom is 0.335 e. The van der Waals surface area contributed by atoms with Crippen LogP contribution in [0.15, 0.2) is 48.7 Å². The zero-order valence-electron chi connectivity index (χ0n) is 17.4. The quantitative estimate of drug-likeness (QED) is 0.423. The highest BCUT2D eigenvalue weighted by Gasteiger charge is 2.29. The van der Waals surface area contributed by atoms with Gasteiger partial charge in [-0.2, -0.15) is 0 Å². The molecule has 2 aliphatic rings. The molecule has 0 amide bonds. The summed E-state index contributed by atoms with van der Waals surface area (Å²) < 4.78 is 2.35. The molecule has 4 aromatic rings. The van der Waals surface area contributed by atoms with Gasteiger partial charge < -0.3 is 15.0 Å². The van der Waals surface area contributed by atoms with Crippen LogP contribution >= 0.6 is 0 Å². The Bertz CT molecular complexity index is 1330. The first-order chi connectivity index (χ1) is 15.2. The lowest BCUT2D eigenvalue weighted by Crippen LogP contribution is -2.08. The number of nitrogens with one attached hydrogen (secondary N) is 1. The molecule has 2 N–H and O–H groups in total. The Balaban J connectivity index is 1.70. The topological polar surface area (TPSA) is 67.2 Å². The predicted octanol–water partition coefficient (Wildman–Crippen LogP) is 6.03. The third-order valence-electron chi connectivity index (χ3n) is 7.04. The molecule has 31 heavy (non-hydrogen) atoms. The number of pyridine rings is 1. The molecular formula is C26H25N3O2. The fraction of sp³-hybridized carbons (Fsp3) is 0.308. The van der Waals surface area contributed by atoms with E-state index in [-0.39, 0.29) is 0 Å². The smallest absolute Gasteiger partial charge is 0.335 e. The van der Waals surface area contributed by atoms with Crippen LogP contribution in [0.1, 0.15) is 53.9 Å². The number of anilines is 1. The highest BCUT2D eigenvalue weighted by molar-refractivity contribution is 6.04. The third kappa shape index (κ3) is 2.83. The molecule has 1 saturated carbocycles. The summed E-state index contributed by atoms with van der Waals surface area (Å²) in [7, 11) is 0. The van der Waals surface area contributed by atoms with Crippen LogP contribution in [-0.4, -0.2) is 27.2 Å². The van der Waals surface area contributed by atoms with E-state index in [2.05, 4.69) is 33.1 Å². The van der Waals surface area contributed by atoms with Crippen molar-refractivity contribution < 1.29 is 9.90 Å². The summed E-state index contributed by atoms with van der Waals surface area (Å²) in [6, 6.07) is 14.1. The molecular weight excluding hydrogens is 386 g/mol. The summed E-state index contributed by atoms with van der Waals surface area (Å²) in [4.78, 5) is 16.3. The van der Waals surface area contributed by atoms with Crippen molar-refractivity contribution in [3.63, 3.8) is 0 Å². The fourth-order valence-electron chi connectivity index (χ4n) is 5.67. The molecule has 0 radical (unpaired) electrons. The molecule has 156 valence electrons. The summed E-state index contributed by atoms with van der Waals surface area (Å²) in [5.41, 5.74) is 7.38. The van der Waals surface area contributed by atoms with E-state index < -0.39 is 5.97 Å². The Kier molecular flexibility index (Phi) is 4.23. The molecule has 1 aliphatic carbocycles. The molecule has 0 saturated heterocycles. The van der Waals surface area contributed by atoms with Gasteiger partial charge in [-0.1, -0.05) is 25.3 Å². The van der Waals surface area contributed by atoms with E-state index >= 15 is 0 Å². The van der Waals surface area contributed by atoms with Crippen LogP contribution in [0.2, 0.25) is 0 Å². The fourth-order valence-corrected chi connectivity index (χ4v) is 5.67. The molecule has 5 heteroatoms. The summed E-state index contributed by atoms with van der Waals surface area (Å²) in [5.74, 6) is -0.361. The second-order valence-corrected chi connectivity index (χ2v) is 8.77. The van der Waals surface area contributed by atoms with E-state index in [4.69, 9.17) is 0 Å². The van der Waals surface area contributed by atoms with Crippen molar-refractivity contribution in [2.24, 2.45) is 0 Å². The van der Waals surface area contributed by atoms with Crippen molar-refractivity contribution in [1.82, 2.24) is 9.55 Å². The van der Waals surface area contributed by atoms with E-state index in [0.717, 1.165) is 35.2 Å². The molecule has 6 rings (SSSR count). The molecule has 2 aromatic heterocycles. The van der Waals surface area contributed by atoms with Gasteiger partial charge in [0, 0.05) is 41.1 Å². The minimum atomic E-state index is -0.874. The zero-order chi connectivity index (χ0) is 20.9. The normalized spacial score (nSPS) is 16.5. The molecule has 1 aliphatic heterocycles. The summed E-state index contributed by atoms with van der Waals surface area (Å²) in [6.07, 6.45) is 8.06. The Labute approximate surface area is 180 Å². The highest BCUT2D eigenvalue weighted by atomic mass is 16.4. The Morgan fingerprint density at radius 2 is 1.94 bits per heavy atom. The van der Waals surface area contributed by atoms with Gasteiger partial charge in [0.2, 0.25) is 0 Å². The molecule has 0 atom stereocenters. The highest BCUT2D eigenvalue weighted by Crippen LogP contribution is 2.47. The number of carbonyl (C=O) groups is 1. The molecule has 1 fully saturated rings. The maximum absolute atomic E-state index is 11.7. The van der Waals surface area contributed by atoms with Crippen LogP contribution in [0.25, 0.3) is 33.1 Å². The number of hydrogen-bond donors (Lipinski definition) is 2. The van der Waals surface area contributed by atoms with E-state index in [1.807, 2.05) is 24.4 Å². The van der Waals surface area contributed by atoms with Gasteiger partial charge in [-0.3, -0.25) is 4.98 Å². The van der Waals surface area contributed by atoms with Gasteiger partial charge >= 0.3 is 5.97 Å². The number of aromatic nitrogens is 2. The number of aromatic carboxylic acids is 1. The Hall–Kier alpha value is -3.34. The predicted molar refractivity (Wildman–Crippen MR) is 124 cm³/mol. The zero-order valence-corrected chi connectivity index (χ0v) is 17.4. The van der Waals surface area contributed by atoms with Gasteiger partial charge in [-0.05, 0) is 60.7 Å². The van der Waals surface area contributed by atoms with Crippen molar-refractivity contribution in [2.45, 2.75) is 44.6 Å². The van der Waals surface area contributed by atoms with Crippen LogP contribution in [0, 0.1) is 0 Å². The van der Waals surface area contributed by atoms with Gasteiger partial charge in [-0.25, -0.2) is 4.79 Å². The van der Waals surface area contributed by atoms with Gasteiger partial charge in [0.25, 0.3) is 0 Å². The van der Waals surface area contributed by atoms with E-state index in [1.54, 1.807) is 6.07 Å². The number of nitrogens with zero attached hydrogens (tertiary/aromatic N) is 2. The molecule has 0 unspecified atom stereocenters. The van der Waals surface area contributed by atoms with Crippen LogP contribution in [0.3, 0.4) is 0 Å². The van der Waals surface area contributed by atoms with Gasteiger partial charge in [-0.15, -0.1) is 0 Å². The lowest BCUT2D eigenvalue weighted by molar-refractivity contribution is 0.0697. The minimum absolute atomic E-state index is 0.350. The monoisotopic (exact) mass is 411 g/mol. The number of hydrogen-bond acceptors (Lipinski definition) is 3. The average molecular weight is 412 g/mol. The van der Waals surface area contributed by atoms with Gasteiger partial charge in [0.15, 0.2) is 0 Å². The largest absolute Gasteiger partial charge is 0.478 e. The minimum Gasteiger partial charge on any atom is -0.478 e. The lowest BCUT2D eigenvalue weighted by atomic mass is 9.81. The maximum atomic E-state index is 11.7. The van der Waals surface area contributed by atoms with Gasteiger partial charge in [0.1, 0.15) is 0 Å². The van der Waals surface area contributed by atoms with E-state index in [0.29, 0.717) is 11.5 Å². The van der Waals surface area contributed by atoms with Crippen LogP contribution in [-0.2, 0) is 6.54 Å². The van der Waals surface area contributed by atoms with E-state index in [1.165, 1.54) is 54.3 Å². The van der Waals surface area contributed by atoms with Gasteiger partial charge in [0.05, 0.1) is 22.5 Å². The second-order valence-electron chi connectivity index (χ2n) is 8.77. The van der Waals surface area contributed by atoms with Crippen molar-refractivity contribution in [3.8, 4) is 11.3 Å². The van der Waals surface area contributed by atoms with Crippen LogP contribution in [0.5, 0.6) is 0 Å². The number of benzene rings is 2. The number of rotatable bonds is 2. The first-order valence-corrected chi connectivity index (χ1v) is 11.2. The SMILES string of the molecule is O=C(O)c1ccc2c(C3CCCCC3)c3n(c2c1)CCNc1c-3ccc2ncccc12. The summed E-state index contributed by atoms with van der Waals surface area (Å²) in [5, 5.41) is 15.6. The average Bonchev–Trinajstić information content (AvgIpc) is 3.00. The summed E-state index contributed by atoms with van der Waals surface area (Å²) in [6.45, 7) is 1.59. The third-order valence-corrected chi connectivity index (χ3v) is 7.04. The molecule has 3 heterocycles. The van der Waals surface area contributed by atoms with Crippen molar-refractivity contribution >= 4 is 33.5 Å². The van der Waals surface area contributed by atoms with Crippen molar-refractivity contribution in [2.75, 3.05) is 11.9 Å². The number of carboxylic acids is 1. The lowest BCUT2D eigenvalue weighted by Gasteiger charge is -2.24. The first kappa shape index (κ1) is 18.4. The standard InChI is InChI=1S/C26H25N3O2/c30-26(31)17-8-9-19-22(15-17)29-14-13-28-24-18-7-4-12-27-21(18)11-10-20(24)25(29)23(19)16-5-2-1-3-6-16/h4,7-12,15-16,28H,1-3,5-6,13-14H2,(H,30,31). The second kappa shape index (κ2) is 7.12. The van der Waals surface area contributed by atoms with Crippen molar-refractivity contribution in [3.05, 3.63) is 59.8 Å². The Morgan fingerprint density at radius 1 is 1.06 bits per heavy atom.